The molecule has 18 heteroatoms. The Morgan fingerprint density at radius 2 is 1.71 bits per heavy atom. The fraction of sp³-hybridized carbons (Fsp3) is 0.405. The highest BCUT2D eigenvalue weighted by atomic mass is 32.2. The fourth-order valence-electron chi connectivity index (χ4n) is 6.05. The summed E-state index contributed by atoms with van der Waals surface area (Å²) in [4.78, 5) is 69.9. The van der Waals surface area contributed by atoms with Crippen molar-refractivity contribution in [2.75, 3.05) is 48.3 Å². The monoisotopic (exact) mass is 778 g/mol. The molecule has 3 atom stereocenters. The van der Waals surface area contributed by atoms with Gasteiger partial charge in [-0.25, -0.2) is 9.37 Å². The van der Waals surface area contributed by atoms with Crippen LogP contribution in [0.4, 0.5) is 16.0 Å². The number of hydrogen-bond acceptors (Lipinski definition) is 13. The number of pyridine rings is 1. The molecule has 3 heterocycles. The van der Waals surface area contributed by atoms with E-state index >= 15 is 4.39 Å². The highest BCUT2D eigenvalue weighted by Crippen LogP contribution is 2.33. The first-order valence-electron chi connectivity index (χ1n) is 17.5. The molecule has 1 unspecified atom stereocenters. The number of Topliss-reactive ketones (excluding diaryl/α,β-unsaturated/α-hetero) is 1. The molecule has 16 nitrogen and oxygen atoms in total. The number of hydrogen-bond donors (Lipinski definition) is 6. The van der Waals surface area contributed by atoms with Crippen LogP contribution in [0.15, 0.2) is 66.1 Å². The van der Waals surface area contributed by atoms with Gasteiger partial charge in [0.25, 0.3) is 0 Å². The summed E-state index contributed by atoms with van der Waals surface area (Å²) in [7, 11) is 0. The van der Waals surface area contributed by atoms with Crippen molar-refractivity contribution in [2.24, 2.45) is 5.73 Å². The Kier molecular flexibility index (Phi) is 13.2. The topological polar surface area (TPSA) is 241 Å². The van der Waals surface area contributed by atoms with Gasteiger partial charge >= 0.3 is 11.9 Å². The number of nitrogens with zero attached hydrogens (tertiary/aromatic N) is 5. The molecule has 3 aromatic rings. The SMILES string of the molecule is CC(C)(O)c1ccc(N2CCN(c3nnc(CC4=CC=C(F)C(SC[C@H](NC(=O)CC[C@H](N)C(=O)O)C(=O)NCC(=O)O)C4=O)c4ccccc34)CC2)nc1. The summed E-state index contributed by atoms with van der Waals surface area (Å²) < 4.78 is 15.2. The van der Waals surface area contributed by atoms with Crippen LogP contribution in [0.5, 0.6) is 0 Å². The van der Waals surface area contributed by atoms with Gasteiger partial charge in [-0.3, -0.25) is 24.0 Å². The van der Waals surface area contributed by atoms with Gasteiger partial charge in [0.1, 0.15) is 35.5 Å². The van der Waals surface area contributed by atoms with Gasteiger partial charge in [-0.2, -0.15) is 5.10 Å². The highest BCUT2D eigenvalue weighted by Gasteiger charge is 2.33. The third-order valence-electron chi connectivity index (χ3n) is 9.20. The van der Waals surface area contributed by atoms with Gasteiger partial charge in [0.15, 0.2) is 11.6 Å². The smallest absolute Gasteiger partial charge is 0.322 e. The van der Waals surface area contributed by atoms with E-state index in [2.05, 4.69) is 35.6 Å². The number of nitrogens with one attached hydrogen (secondary N) is 2. The third-order valence-corrected chi connectivity index (χ3v) is 10.5. The summed E-state index contributed by atoms with van der Waals surface area (Å²) in [6, 6.07) is 8.65. The lowest BCUT2D eigenvalue weighted by Crippen LogP contribution is -2.50. The fourth-order valence-corrected chi connectivity index (χ4v) is 7.21. The molecular formula is C37H43FN8O8S. The zero-order valence-electron chi connectivity index (χ0n) is 30.3. The summed E-state index contributed by atoms with van der Waals surface area (Å²) in [5.74, 6) is -4.40. The molecule has 0 radical (unpaired) electrons. The highest BCUT2D eigenvalue weighted by molar-refractivity contribution is 8.00. The Bertz CT molecular complexity index is 2000. The number of anilines is 2. The summed E-state index contributed by atoms with van der Waals surface area (Å²) in [5.41, 5.74) is 5.96. The number of piperazine rings is 1. The first-order chi connectivity index (χ1) is 26.1. The molecule has 1 fully saturated rings. The molecular weight excluding hydrogens is 736 g/mol. The van der Waals surface area contributed by atoms with E-state index in [4.69, 9.17) is 15.9 Å². The molecule has 0 spiro atoms. The molecule has 2 aliphatic rings. The van der Waals surface area contributed by atoms with Crippen molar-refractivity contribution in [3.63, 3.8) is 0 Å². The zero-order valence-corrected chi connectivity index (χ0v) is 31.1. The molecule has 1 aliphatic heterocycles. The van der Waals surface area contributed by atoms with Crippen LogP contribution in [0.2, 0.25) is 0 Å². The number of aliphatic carboxylic acids is 2. The van der Waals surface area contributed by atoms with E-state index in [0.29, 0.717) is 37.7 Å². The maximum absolute atomic E-state index is 15.2. The first-order valence-corrected chi connectivity index (χ1v) is 18.6. The van der Waals surface area contributed by atoms with Gasteiger partial charge < -0.3 is 41.5 Å². The Balaban J connectivity index is 1.25. The number of benzene rings is 1. The van der Waals surface area contributed by atoms with Crippen LogP contribution >= 0.6 is 11.8 Å². The largest absolute Gasteiger partial charge is 0.480 e. The number of halogens is 1. The van der Waals surface area contributed by atoms with E-state index < -0.39 is 64.8 Å². The maximum atomic E-state index is 15.2. The number of nitrogens with two attached hydrogens (primary N) is 1. The molecule has 1 aromatic carbocycles. The first kappa shape index (κ1) is 40.7. The lowest BCUT2D eigenvalue weighted by molar-refractivity contribution is -0.139. The van der Waals surface area contributed by atoms with E-state index in [-0.39, 0.29) is 30.6 Å². The standard InChI is InChI=1S/C37H43FN8O8S/c1-37(2,54)22-8-11-29(40-18-22)45-13-15-46(16-14-45)34-24-6-4-3-5-23(24)27(43-44-34)17-21-7-9-25(38)33(32(21)50)55-20-28(35(51)41-19-31(48)49)42-30(47)12-10-26(39)36(52)53/h3-9,11,18,26,28,33,54H,10,12-17,19-20,39H2,1-2H3,(H,41,51)(H,42,47)(H,48,49)(H,52,53)/t26-,28-,33?/m0/s1. The second-order valence-corrected chi connectivity index (χ2v) is 14.8. The van der Waals surface area contributed by atoms with Gasteiger partial charge in [0.2, 0.25) is 11.8 Å². The Morgan fingerprint density at radius 1 is 1.02 bits per heavy atom. The number of aliphatic hydroxyl groups is 1. The molecule has 0 saturated carbocycles. The molecule has 1 saturated heterocycles. The number of thioether (sulfide) groups is 1. The predicted molar refractivity (Wildman–Crippen MR) is 203 cm³/mol. The molecule has 292 valence electrons. The molecule has 5 rings (SSSR count). The Labute approximate surface area is 320 Å². The lowest BCUT2D eigenvalue weighted by Gasteiger charge is -2.36. The normalized spacial score (nSPS) is 17.3. The second kappa shape index (κ2) is 17.8. The summed E-state index contributed by atoms with van der Waals surface area (Å²) in [5, 5.41) is 42.2. The van der Waals surface area contributed by atoms with E-state index in [9.17, 15) is 29.1 Å². The van der Waals surface area contributed by atoms with Crippen LogP contribution in [0, 0.1) is 0 Å². The molecule has 2 aromatic heterocycles. The van der Waals surface area contributed by atoms with E-state index in [1.807, 2.05) is 36.4 Å². The van der Waals surface area contributed by atoms with Crippen molar-refractivity contribution in [3.8, 4) is 0 Å². The van der Waals surface area contributed by atoms with Crippen LogP contribution in [0.3, 0.4) is 0 Å². The maximum Gasteiger partial charge on any atom is 0.322 e. The minimum atomic E-state index is -1.37. The lowest BCUT2D eigenvalue weighted by atomic mass is 9.96. The molecule has 2 amide bonds. The average molecular weight is 779 g/mol. The van der Waals surface area contributed by atoms with Gasteiger partial charge in [-0.1, -0.05) is 36.4 Å². The van der Waals surface area contributed by atoms with Crippen LogP contribution in [0.1, 0.15) is 37.9 Å². The number of allylic oxidation sites excluding steroid dienone is 3. The van der Waals surface area contributed by atoms with E-state index in [0.717, 1.165) is 40.0 Å². The number of aromatic nitrogens is 3. The van der Waals surface area contributed by atoms with Crippen molar-refractivity contribution in [2.45, 2.75) is 56.0 Å². The Morgan fingerprint density at radius 3 is 2.35 bits per heavy atom. The average Bonchev–Trinajstić information content (AvgIpc) is 3.16. The van der Waals surface area contributed by atoms with E-state index in [1.54, 1.807) is 20.0 Å². The quantitative estimate of drug-likeness (QED) is 0.121. The predicted octanol–water partition coefficient (Wildman–Crippen LogP) is 1.46. The number of ketones is 1. The minimum absolute atomic E-state index is 0.0383. The number of amides is 2. The van der Waals surface area contributed by atoms with Crippen molar-refractivity contribution < 1.29 is 43.7 Å². The molecule has 1 aliphatic carbocycles. The summed E-state index contributed by atoms with van der Waals surface area (Å²) >= 11 is 0.757. The third kappa shape index (κ3) is 10.4. The van der Waals surface area contributed by atoms with Crippen molar-refractivity contribution in [3.05, 3.63) is 77.4 Å². The second-order valence-electron chi connectivity index (χ2n) is 13.7. The summed E-state index contributed by atoms with van der Waals surface area (Å²) in [6.45, 7) is 5.32. The van der Waals surface area contributed by atoms with Gasteiger partial charge in [0.05, 0.1) is 11.3 Å². The van der Waals surface area contributed by atoms with Crippen molar-refractivity contribution in [1.82, 2.24) is 25.8 Å². The van der Waals surface area contributed by atoms with Crippen molar-refractivity contribution in [1.29, 1.82) is 0 Å². The number of carbonyl (C=O) groups is 5. The molecule has 0 bridgehead atoms. The number of fused-ring (bicyclic) bond motifs is 1. The molecule has 55 heavy (non-hydrogen) atoms. The summed E-state index contributed by atoms with van der Waals surface area (Å²) in [6.07, 6.45) is 3.70. The number of rotatable bonds is 16. The Hall–Kier alpha value is -5.46. The van der Waals surface area contributed by atoms with Crippen LogP contribution in [-0.2, 0) is 36.0 Å². The van der Waals surface area contributed by atoms with Gasteiger partial charge in [-0.15, -0.1) is 16.9 Å². The zero-order chi connectivity index (χ0) is 39.9. The van der Waals surface area contributed by atoms with E-state index in [1.165, 1.54) is 6.08 Å². The molecule has 7 N–H and O–H groups in total. The van der Waals surface area contributed by atoms with Crippen molar-refractivity contribution >= 4 is 63.7 Å². The number of carbonyl (C=O) groups excluding carboxylic acids is 3. The van der Waals surface area contributed by atoms with Gasteiger partial charge in [-0.05, 0) is 32.4 Å². The number of carboxylic acid groups (broad SMARTS) is 2. The van der Waals surface area contributed by atoms with Crippen LogP contribution in [-0.4, -0.2) is 116 Å². The van der Waals surface area contributed by atoms with Gasteiger partial charge in [0, 0.05) is 72.9 Å². The minimum Gasteiger partial charge on any atom is -0.480 e. The number of carboxylic acids is 2. The van der Waals surface area contributed by atoms with Crippen LogP contribution < -0.4 is 26.2 Å². The van der Waals surface area contributed by atoms with Crippen LogP contribution in [0.25, 0.3) is 10.8 Å².